The Hall–Kier alpha value is 0.0700. The molecule has 0 bridgehead atoms. The Bertz CT molecular complexity index is 259. The zero-order valence-corrected chi connectivity index (χ0v) is 12.7. The summed E-state index contributed by atoms with van der Waals surface area (Å²) in [7, 11) is 0. The number of carbonyl (C=O) groups excluding carboxylic acids is 1. The first kappa shape index (κ1) is 16.1. The summed E-state index contributed by atoms with van der Waals surface area (Å²) >= 11 is 2.01. The van der Waals surface area contributed by atoms with Crippen molar-refractivity contribution in [2.45, 2.75) is 50.3 Å². The maximum absolute atomic E-state index is 12.1. The minimum Gasteiger partial charge on any atom is -0.352 e. The van der Waals surface area contributed by atoms with E-state index in [1.807, 2.05) is 11.8 Å². The van der Waals surface area contributed by atoms with Gasteiger partial charge in [0.1, 0.15) is 0 Å². The van der Waals surface area contributed by atoms with E-state index < -0.39 is 0 Å². The number of thioether (sulfide) groups is 1. The van der Waals surface area contributed by atoms with Gasteiger partial charge in [-0.25, -0.2) is 0 Å². The summed E-state index contributed by atoms with van der Waals surface area (Å²) in [6, 6.07) is 0.425. The van der Waals surface area contributed by atoms with E-state index in [1.54, 1.807) is 0 Å². The number of halogens is 1. The largest absolute Gasteiger partial charge is 0.352 e. The Morgan fingerprint density at radius 3 is 2.83 bits per heavy atom. The van der Waals surface area contributed by atoms with Crippen molar-refractivity contribution in [3.8, 4) is 0 Å². The Morgan fingerprint density at radius 2 is 2.17 bits per heavy atom. The van der Waals surface area contributed by atoms with Crippen molar-refractivity contribution in [2.75, 3.05) is 18.8 Å². The van der Waals surface area contributed by atoms with E-state index >= 15 is 0 Å². The molecule has 0 aromatic rings. The molecule has 0 aromatic carbocycles. The van der Waals surface area contributed by atoms with Gasteiger partial charge < -0.3 is 10.6 Å². The molecule has 3 unspecified atom stereocenters. The van der Waals surface area contributed by atoms with Crippen molar-refractivity contribution >= 4 is 30.1 Å². The molecule has 0 radical (unpaired) electrons. The van der Waals surface area contributed by atoms with Crippen molar-refractivity contribution < 1.29 is 4.79 Å². The lowest BCUT2D eigenvalue weighted by atomic mass is 9.98. The number of rotatable bonds is 4. The molecule has 5 heteroatoms. The highest BCUT2D eigenvalue weighted by Gasteiger charge is 2.30. The summed E-state index contributed by atoms with van der Waals surface area (Å²) < 4.78 is 0. The summed E-state index contributed by atoms with van der Waals surface area (Å²) in [5.41, 5.74) is 0. The molecule has 3 nitrogen and oxygen atoms in total. The quantitative estimate of drug-likeness (QED) is 0.835. The van der Waals surface area contributed by atoms with Gasteiger partial charge >= 0.3 is 0 Å². The van der Waals surface area contributed by atoms with E-state index in [0.29, 0.717) is 11.3 Å². The summed E-state index contributed by atoms with van der Waals surface area (Å²) in [4.78, 5) is 12.1. The highest BCUT2D eigenvalue weighted by molar-refractivity contribution is 7.99. The normalized spacial score (nSPS) is 31.7. The molecule has 2 fully saturated rings. The van der Waals surface area contributed by atoms with Gasteiger partial charge in [0, 0.05) is 17.8 Å². The topological polar surface area (TPSA) is 41.1 Å². The standard InChI is InChI=1S/C13H24N2OS.ClH/c1-2-17-12-7-3-6-11(12)15-13(16)10-5-4-8-14-9-10;/h10-12,14H,2-9H2,1H3,(H,15,16);1H. The third-order valence-corrected chi connectivity index (χ3v) is 5.15. The molecular weight excluding hydrogens is 268 g/mol. The molecule has 2 aliphatic rings. The van der Waals surface area contributed by atoms with Crippen LogP contribution in [-0.4, -0.2) is 36.0 Å². The third-order valence-electron chi connectivity index (χ3n) is 3.83. The molecule has 2 N–H and O–H groups in total. The lowest BCUT2D eigenvalue weighted by molar-refractivity contribution is -0.126. The second-order valence-electron chi connectivity index (χ2n) is 5.08. The van der Waals surface area contributed by atoms with E-state index in [1.165, 1.54) is 19.3 Å². The first-order valence-electron chi connectivity index (χ1n) is 6.94. The predicted molar refractivity (Wildman–Crippen MR) is 80.5 cm³/mol. The van der Waals surface area contributed by atoms with Crippen LogP contribution in [0.1, 0.15) is 39.0 Å². The van der Waals surface area contributed by atoms with Crippen LogP contribution in [0.5, 0.6) is 0 Å². The fourth-order valence-corrected chi connectivity index (χ4v) is 4.08. The molecule has 2 rings (SSSR count). The summed E-state index contributed by atoms with van der Waals surface area (Å²) in [6.07, 6.45) is 5.90. The number of amides is 1. The van der Waals surface area contributed by atoms with Crippen LogP contribution in [-0.2, 0) is 4.79 Å². The van der Waals surface area contributed by atoms with Crippen LogP contribution in [0, 0.1) is 5.92 Å². The average molecular weight is 293 g/mol. The monoisotopic (exact) mass is 292 g/mol. The second kappa shape index (κ2) is 8.28. The van der Waals surface area contributed by atoms with Crippen LogP contribution in [0.4, 0.5) is 0 Å². The van der Waals surface area contributed by atoms with Crippen LogP contribution >= 0.6 is 24.2 Å². The minimum absolute atomic E-state index is 0. The van der Waals surface area contributed by atoms with Crippen molar-refractivity contribution in [1.29, 1.82) is 0 Å². The maximum atomic E-state index is 12.1. The average Bonchev–Trinajstić information content (AvgIpc) is 2.78. The van der Waals surface area contributed by atoms with E-state index in [0.717, 1.165) is 31.7 Å². The van der Waals surface area contributed by atoms with E-state index in [4.69, 9.17) is 0 Å². The Kier molecular flexibility index (Phi) is 7.42. The number of piperidine rings is 1. The molecule has 1 saturated carbocycles. The fourth-order valence-electron chi connectivity index (χ4n) is 2.88. The Morgan fingerprint density at radius 1 is 1.33 bits per heavy atom. The Balaban J connectivity index is 0.00000162. The van der Waals surface area contributed by atoms with Crippen molar-refractivity contribution in [1.82, 2.24) is 10.6 Å². The number of hydrogen-bond acceptors (Lipinski definition) is 3. The van der Waals surface area contributed by atoms with Gasteiger partial charge in [-0.3, -0.25) is 4.79 Å². The van der Waals surface area contributed by atoms with E-state index in [2.05, 4.69) is 17.6 Å². The lowest BCUT2D eigenvalue weighted by Gasteiger charge is -2.26. The van der Waals surface area contributed by atoms with E-state index in [-0.39, 0.29) is 24.2 Å². The molecule has 1 aliphatic heterocycles. The summed E-state index contributed by atoms with van der Waals surface area (Å²) in [5, 5.41) is 7.25. The maximum Gasteiger partial charge on any atom is 0.224 e. The number of hydrogen-bond donors (Lipinski definition) is 2. The molecule has 106 valence electrons. The van der Waals surface area contributed by atoms with Gasteiger partial charge in [-0.15, -0.1) is 12.4 Å². The van der Waals surface area contributed by atoms with Gasteiger partial charge in [-0.05, 0) is 38.0 Å². The highest BCUT2D eigenvalue weighted by Crippen LogP contribution is 2.30. The van der Waals surface area contributed by atoms with Crippen molar-refractivity contribution in [3.05, 3.63) is 0 Å². The molecule has 18 heavy (non-hydrogen) atoms. The highest BCUT2D eigenvalue weighted by atomic mass is 35.5. The third kappa shape index (κ3) is 4.32. The van der Waals surface area contributed by atoms with Crippen molar-refractivity contribution in [3.63, 3.8) is 0 Å². The van der Waals surface area contributed by atoms with Crippen molar-refractivity contribution in [2.24, 2.45) is 5.92 Å². The SMILES string of the molecule is CCSC1CCCC1NC(=O)C1CCCNC1.Cl. The first-order valence-corrected chi connectivity index (χ1v) is 7.99. The summed E-state index contributed by atoms with van der Waals surface area (Å²) in [6.45, 7) is 4.14. The molecule has 0 spiro atoms. The number of nitrogens with one attached hydrogen (secondary N) is 2. The van der Waals surface area contributed by atoms with Gasteiger partial charge in [0.2, 0.25) is 5.91 Å². The zero-order valence-electron chi connectivity index (χ0n) is 11.1. The first-order chi connectivity index (χ1) is 8.31. The molecular formula is C13H25ClN2OS. The minimum atomic E-state index is 0. The molecule has 1 heterocycles. The van der Waals surface area contributed by atoms with Gasteiger partial charge in [-0.1, -0.05) is 13.3 Å². The number of carbonyl (C=O) groups is 1. The van der Waals surface area contributed by atoms with Crippen LogP contribution in [0.15, 0.2) is 0 Å². The molecule has 3 atom stereocenters. The molecule has 1 aliphatic carbocycles. The molecule has 1 saturated heterocycles. The predicted octanol–water partition coefficient (Wildman–Crippen LogP) is 2.20. The molecule has 0 aromatic heterocycles. The van der Waals surface area contributed by atoms with Crippen LogP contribution < -0.4 is 10.6 Å². The zero-order chi connectivity index (χ0) is 12.1. The Labute approximate surface area is 121 Å². The van der Waals surface area contributed by atoms with Crippen LogP contribution in [0.2, 0.25) is 0 Å². The van der Waals surface area contributed by atoms with Gasteiger partial charge in [0.25, 0.3) is 0 Å². The van der Waals surface area contributed by atoms with Gasteiger partial charge in [0.15, 0.2) is 0 Å². The molecule has 1 amide bonds. The second-order valence-corrected chi connectivity index (χ2v) is 6.60. The fraction of sp³-hybridized carbons (Fsp3) is 0.923. The van der Waals surface area contributed by atoms with Crippen LogP contribution in [0.3, 0.4) is 0 Å². The lowest BCUT2D eigenvalue weighted by Crippen LogP contribution is -2.46. The van der Waals surface area contributed by atoms with Crippen LogP contribution in [0.25, 0.3) is 0 Å². The summed E-state index contributed by atoms with van der Waals surface area (Å²) in [5.74, 6) is 1.64. The van der Waals surface area contributed by atoms with E-state index in [9.17, 15) is 4.79 Å². The smallest absolute Gasteiger partial charge is 0.224 e. The van der Waals surface area contributed by atoms with Gasteiger partial charge in [-0.2, -0.15) is 11.8 Å². The van der Waals surface area contributed by atoms with Gasteiger partial charge in [0.05, 0.1) is 5.92 Å².